The van der Waals surface area contributed by atoms with Crippen LogP contribution in [0.2, 0.25) is 0 Å². The lowest BCUT2D eigenvalue weighted by molar-refractivity contribution is 0.660. The fourth-order valence-corrected chi connectivity index (χ4v) is 7.44. The van der Waals surface area contributed by atoms with Gasteiger partial charge in [0.05, 0.1) is 22.4 Å². The predicted molar refractivity (Wildman–Crippen MR) is 218 cm³/mol. The highest BCUT2D eigenvalue weighted by Gasteiger charge is 2.36. The van der Waals surface area contributed by atoms with Crippen LogP contribution in [0.3, 0.4) is 0 Å². The minimum atomic E-state index is -0.241. The summed E-state index contributed by atoms with van der Waals surface area (Å²) >= 11 is 0. The molecule has 252 valence electrons. The maximum absolute atomic E-state index is 5.15. The smallest absolute Gasteiger partial charge is 0.160 e. The zero-order valence-corrected chi connectivity index (χ0v) is 29.6. The Balaban J connectivity index is 0.000000567. The molecular formula is C49H36N4. The average Bonchev–Trinajstić information content (AvgIpc) is 3.46. The first kappa shape index (κ1) is 32.1. The molecule has 7 aromatic carbocycles. The number of fused-ring (bicyclic) bond motifs is 5. The van der Waals surface area contributed by atoms with Crippen molar-refractivity contribution in [3.05, 3.63) is 193 Å². The second kappa shape index (κ2) is 13.4. The molecule has 0 N–H and O–H groups in total. The average molecular weight is 681 g/mol. The molecular weight excluding hydrogens is 645 g/mol. The lowest BCUT2D eigenvalue weighted by atomic mass is 9.81. The van der Waals surface area contributed by atoms with Gasteiger partial charge in [-0.3, -0.25) is 0 Å². The topological polar surface area (TPSA) is 51.6 Å². The van der Waals surface area contributed by atoms with E-state index >= 15 is 0 Å². The van der Waals surface area contributed by atoms with Gasteiger partial charge in [-0.15, -0.1) is 0 Å². The van der Waals surface area contributed by atoms with Gasteiger partial charge in [0.15, 0.2) is 11.6 Å². The summed E-state index contributed by atoms with van der Waals surface area (Å²) in [5.41, 5.74) is 12.7. The van der Waals surface area contributed by atoms with Crippen LogP contribution in [0.25, 0.3) is 78.2 Å². The van der Waals surface area contributed by atoms with Gasteiger partial charge in [-0.2, -0.15) is 0 Å². The molecule has 0 fully saturated rings. The lowest BCUT2D eigenvalue weighted by Gasteiger charge is -2.22. The van der Waals surface area contributed by atoms with Gasteiger partial charge in [-0.1, -0.05) is 172 Å². The Labute approximate surface area is 309 Å². The van der Waals surface area contributed by atoms with Crippen LogP contribution in [0, 0.1) is 0 Å². The molecule has 4 nitrogen and oxygen atoms in total. The molecule has 0 bridgehead atoms. The van der Waals surface area contributed by atoms with Crippen LogP contribution in [0.5, 0.6) is 0 Å². The molecule has 0 aliphatic heterocycles. The second-order valence-corrected chi connectivity index (χ2v) is 13.9. The molecule has 0 atom stereocenters. The number of benzene rings is 7. The molecule has 4 heteroatoms. The molecule has 2 aromatic heterocycles. The van der Waals surface area contributed by atoms with E-state index in [1.54, 1.807) is 0 Å². The third-order valence-corrected chi connectivity index (χ3v) is 10.2. The van der Waals surface area contributed by atoms with E-state index in [9.17, 15) is 0 Å². The quantitative estimate of drug-likeness (QED) is 0.186. The minimum absolute atomic E-state index is 0.241. The van der Waals surface area contributed by atoms with Crippen molar-refractivity contribution >= 4 is 21.8 Å². The summed E-state index contributed by atoms with van der Waals surface area (Å²) in [4.78, 5) is 20.4. The largest absolute Gasteiger partial charge is 0.228 e. The summed E-state index contributed by atoms with van der Waals surface area (Å²) in [6.45, 7) is 4.61. The van der Waals surface area contributed by atoms with Crippen molar-refractivity contribution in [2.24, 2.45) is 0 Å². The number of para-hydroxylation sites is 2. The van der Waals surface area contributed by atoms with Gasteiger partial charge in [0, 0.05) is 38.4 Å². The Hall–Kier alpha value is -6.78. The van der Waals surface area contributed by atoms with Gasteiger partial charge in [0.25, 0.3) is 0 Å². The van der Waals surface area contributed by atoms with Crippen LogP contribution in [-0.2, 0) is 5.41 Å². The Morgan fingerprint density at radius 1 is 0.340 bits per heavy atom. The second-order valence-electron chi connectivity index (χ2n) is 13.9. The molecule has 9 aromatic rings. The Morgan fingerprint density at radius 2 is 0.698 bits per heavy atom. The van der Waals surface area contributed by atoms with Crippen molar-refractivity contribution in [2.75, 3.05) is 0 Å². The minimum Gasteiger partial charge on any atom is -0.228 e. The van der Waals surface area contributed by atoms with E-state index in [1.807, 2.05) is 72.8 Å². The number of hydrogen-bond donors (Lipinski definition) is 0. The summed E-state index contributed by atoms with van der Waals surface area (Å²) in [5, 5.41) is 2.10. The Bertz CT molecular complexity index is 2540. The zero-order valence-electron chi connectivity index (χ0n) is 29.6. The van der Waals surface area contributed by atoms with Crippen molar-refractivity contribution in [1.29, 1.82) is 0 Å². The van der Waals surface area contributed by atoms with Gasteiger partial charge in [0.2, 0.25) is 0 Å². The van der Waals surface area contributed by atoms with E-state index in [1.165, 1.54) is 22.3 Å². The maximum Gasteiger partial charge on any atom is 0.160 e. The van der Waals surface area contributed by atoms with E-state index in [4.69, 9.17) is 19.9 Å². The molecule has 0 radical (unpaired) electrons. The van der Waals surface area contributed by atoms with E-state index in [2.05, 4.69) is 123 Å². The molecule has 0 spiro atoms. The molecule has 2 heterocycles. The summed E-state index contributed by atoms with van der Waals surface area (Å²) in [6.07, 6.45) is 0. The summed E-state index contributed by atoms with van der Waals surface area (Å²) in [6, 6.07) is 62.6. The maximum atomic E-state index is 5.15. The predicted octanol–water partition coefficient (Wildman–Crippen LogP) is 12.2. The van der Waals surface area contributed by atoms with Crippen molar-refractivity contribution in [1.82, 2.24) is 19.9 Å². The molecule has 1 aliphatic rings. The number of aromatic nitrogens is 4. The highest BCUT2D eigenvalue weighted by molar-refractivity contribution is 5.95. The van der Waals surface area contributed by atoms with Gasteiger partial charge < -0.3 is 0 Å². The molecule has 0 unspecified atom stereocenters. The van der Waals surface area contributed by atoms with Crippen LogP contribution < -0.4 is 0 Å². The van der Waals surface area contributed by atoms with Gasteiger partial charge in [-0.25, -0.2) is 19.9 Å². The standard InChI is InChI=1S/C43H30N4.C6H6/c1-43(2)35-25-29(41-44-37-19-11-9-17-33(37)39(46-41)27-13-5-3-6-14-27)21-23-31(35)32-24-22-30(26-36(32)43)42-45-38-20-12-10-18-34(38)40(47-42)28-15-7-4-8-16-28;1-2-4-6-5-3-1/h3-26H,1-2H3;1-6H. The number of hydrogen-bond acceptors (Lipinski definition) is 4. The third-order valence-electron chi connectivity index (χ3n) is 10.2. The monoisotopic (exact) mass is 680 g/mol. The molecule has 0 saturated heterocycles. The zero-order chi connectivity index (χ0) is 35.8. The summed E-state index contributed by atoms with van der Waals surface area (Å²) < 4.78 is 0. The van der Waals surface area contributed by atoms with Gasteiger partial charge in [-0.05, 0) is 46.5 Å². The van der Waals surface area contributed by atoms with E-state index in [0.717, 1.165) is 67.1 Å². The first-order valence-electron chi connectivity index (χ1n) is 18.0. The third kappa shape index (κ3) is 5.94. The highest BCUT2D eigenvalue weighted by Crippen LogP contribution is 2.50. The summed E-state index contributed by atoms with van der Waals surface area (Å²) in [7, 11) is 0. The van der Waals surface area contributed by atoms with Crippen molar-refractivity contribution in [3.63, 3.8) is 0 Å². The van der Waals surface area contributed by atoms with Crippen LogP contribution in [0.4, 0.5) is 0 Å². The Morgan fingerprint density at radius 3 is 1.11 bits per heavy atom. The molecule has 10 rings (SSSR count). The summed E-state index contributed by atoms with van der Waals surface area (Å²) in [5.74, 6) is 1.46. The number of rotatable bonds is 4. The molecule has 53 heavy (non-hydrogen) atoms. The number of nitrogens with zero attached hydrogens (tertiary/aromatic N) is 4. The van der Waals surface area contributed by atoms with E-state index < -0.39 is 0 Å². The van der Waals surface area contributed by atoms with Crippen LogP contribution in [0.1, 0.15) is 25.0 Å². The van der Waals surface area contributed by atoms with Crippen molar-refractivity contribution < 1.29 is 0 Å². The normalized spacial score (nSPS) is 12.5. The SMILES string of the molecule is CC1(C)c2cc(-c3nc(-c4ccccc4)c4ccccc4n3)ccc2-c2ccc(-c3nc(-c4ccccc4)c4ccccc4n3)cc21.c1ccccc1. The van der Waals surface area contributed by atoms with Crippen molar-refractivity contribution in [3.8, 4) is 56.4 Å². The first-order valence-corrected chi connectivity index (χ1v) is 18.0. The molecule has 0 amide bonds. The van der Waals surface area contributed by atoms with Gasteiger partial charge in [0.1, 0.15) is 0 Å². The highest BCUT2D eigenvalue weighted by atomic mass is 14.9. The van der Waals surface area contributed by atoms with E-state index in [-0.39, 0.29) is 5.41 Å². The van der Waals surface area contributed by atoms with Crippen LogP contribution >= 0.6 is 0 Å². The first-order chi connectivity index (χ1) is 26.0. The fourth-order valence-electron chi connectivity index (χ4n) is 7.44. The lowest BCUT2D eigenvalue weighted by Crippen LogP contribution is -2.15. The fraction of sp³-hybridized carbons (Fsp3) is 0.0612. The van der Waals surface area contributed by atoms with E-state index in [0.29, 0.717) is 0 Å². The Kier molecular flexibility index (Phi) is 8.13. The van der Waals surface area contributed by atoms with Crippen molar-refractivity contribution in [2.45, 2.75) is 19.3 Å². The molecule has 1 aliphatic carbocycles. The molecule has 0 saturated carbocycles. The van der Waals surface area contributed by atoms with Crippen LogP contribution in [-0.4, -0.2) is 19.9 Å². The van der Waals surface area contributed by atoms with Gasteiger partial charge >= 0.3 is 0 Å². The van der Waals surface area contributed by atoms with Crippen LogP contribution in [0.15, 0.2) is 182 Å².